The van der Waals surface area contributed by atoms with E-state index in [2.05, 4.69) is 14.3 Å². The Labute approximate surface area is 143 Å². The normalized spacial score (nSPS) is 14.8. The number of aryl methyl sites for hydroxylation is 1. The largest absolute Gasteiger partial charge is 0.362 e. The summed E-state index contributed by atoms with van der Waals surface area (Å²) in [6.45, 7) is 6.01. The summed E-state index contributed by atoms with van der Waals surface area (Å²) >= 11 is 1.37. The molecule has 126 valence electrons. The average molecular weight is 347 g/mol. The van der Waals surface area contributed by atoms with Gasteiger partial charge in [0.2, 0.25) is 5.13 Å². The number of aromatic nitrogens is 2. The number of hydrogen-bond donors (Lipinski definition) is 0. The number of benzene rings is 1. The summed E-state index contributed by atoms with van der Waals surface area (Å²) in [5.41, 5.74) is 0.884. The Bertz CT molecular complexity index is 783. The molecular weight excluding hydrogens is 330 g/mol. The zero-order chi connectivity index (χ0) is 17.3. The maximum Gasteiger partial charge on any atom is 0.293 e. The van der Waals surface area contributed by atoms with Crippen LogP contribution < -0.4 is 9.80 Å². The van der Waals surface area contributed by atoms with Gasteiger partial charge in [0.05, 0.1) is 4.92 Å². The van der Waals surface area contributed by atoms with Gasteiger partial charge in [0.1, 0.15) is 11.5 Å². The standard InChI is InChI=1S/C15H17N5O3S/c1-10(21)12-3-4-13(14(9-12)20(22)23)18-5-7-19(8-6-18)15-16-11(2)17-24-15/h3-4,9H,5-8H2,1-2H3. The highest BCUT2D eigenvalue weighted by atomic mass is 32.1. The predicted molar refractivity (Wildman–Crippen MR) is 92.2 cm³/mol. The number of piperazine rings is 1. The molecule has 9 heteroatoms. The fourth-order valence-corrected chi connectivity index (χ4v) is 3.43. The van der Waals surface area contributed by atoms with Gasteiger partial charge in [0, 0.05) is 49.3 Å². The Morgan fingerprint density at radius 2 is 1.92 bits per heavy atom. The summed E-state index contributed by atoms with van der Waals surface area (Å²) in [6.07, 6.45) is 0. The summed E-state index contributed by atoms with van der Waals surface area (Å²) in [7, 11) is 0. The molecule has 0 radical (unpaired) electrons. The van der Waals surface area contributed by atoms with Crippen molar-refractivity contribution in [3.05, 3.63) is 39.7 Å². The first-order chi connectivity index (χ1) is 11.5. The summed E-state index contributed by atoms with van der Waals surface area (Å²) < 4.78 is 4.19. The minimum Gasteiger partial charge on any atom is -0.362 e. The number of rotatable bonds is 4. The summed E-state index contributed by atoms with van der Waals surface area (Å²) in [5, 5.41) is 12.3. The minimum atomic E-state index is -0.428. The van der Waals surface area contributed by atoms with Crippen molar-refractivity contribution in [2.45, 2.75) is 13.8 Å². The van der Waals surface area contributed by atoms with Gasteiger partial charge in [0.15, 0.2) is 5.78 Å². The van der Waals surface area contributed by atoms with E-state index in [9.17, 15) is 14.9 Å². The fourth-order valence-electron chi connectivity index (χ4n) is 2.71. The van der Waals surface area contributed by atoms with Crippen LogP contribution in [0.4, 0.5) is 16.5 Å². The molecule has 3 rings (SSSR count). The van der Waals surface area contributed by atoms with E-state index >= 15 is 0 Å². The lowest BCUT2D eigenvalue weighted by Gasteiger charge is -2.35. The molecular formula is C15H17N5O3S. The number of anilines is 2. The number of carbonyl (C=O) groups is 1. The fraction of sp³-hybridized carbons (Fsp3) is 0.400. The molecule has 8 nitrogen and oxygen atoms in total. The lowest BCUT2D eigenvalue weighted by Crippen LogP contribution is -2.46. The van der Waals surface area contributed by atoms with E-state index in [0.717, 1.165) is 24.0 Å². The molecule has 1 saturated heterocycles. The van der Waals surface area contributed by atoms with Gasteiger partial charge >= 0.3 is 0 Å². The van der Waals surface area contributed by atoms with Crippen LogP contribution >= 0.6 is 11.5 Å². The summed E-state index contributed by atoms with van der Waals surface area (Å²) in [4.78, 5) is 30.9. The van der Waals surface area contributed by atoms with Gasteiger partial charge in [0.25, 0.3) is 5.69 Å². The molecule has 2 heterocycles. The number of ketones is 1. The van der Waals surface area contributed by atoms with Gasteiger partial charge in [-0.3, -0.25) is 14.9 Å². The lowest BCUT2D eigenvalue weighted by molar-refractivity contribution is -0.384. The van der Waals surface area contributed by atoms with Crippen LogP contribution in [0.3, 0.4) is 0 Å². The van der Waals surface area contributed by atoms with Gasteiger partial charge in [-0.25, -0.2) is 4.98 Å². The number of nitro groups is 1. The van der Waals surface area contributed by atoms with Crippen molar-refractivity contribution in [1.29, 1.82) is 0 Å². The predicted octanol–water partition coefficient (Wildman–Crippen LogP) is 2.28. The Kier molecular flexibility index (Phi) is 4.43. The average Bonchev–Trinajstić information content (AvgIpc) is 3.01. The van der Waals surface area contributed by atoms with Gasteiger partial charge in [-0.05, 0) is 26.0 Å². The highest BCUT2D eigenvalue weighted by molar-refractivity contribution is 7.09. The Hall–Kier alpha value is -2.55. The molecule has 1 fully saturated rings. The van der Waals surface area contributed by atoms with Gasteiger partial charge in [-0.1, -0.05) is 0 Å². The monoisotopic (exact) mass is 347 g/mol. The molecule has 0 unspecified atom stereocenters. The molecule has 0 bridgehead atoms. The zero-order valence-electron chi connectivity index (χ0n) is 13.4. The first kappa shape index (κ1) is 16.3. The summed E-state index contributed by atoms with van der Waals surface area (Å²) in [5.74, 6) is 0.578. The van der Waals surface area contributed by atoms with Crippen molar-refractivity contribution in [3.63, 3.8) is 0 Å². The number of nitrogens with zero attached hydrogens (tertiary/aromatic N) is 5. The summed E-state index contributed by atoms with van der Waals surface area (Å²) in [6, 6.07) is 4.67. The number of nitro benzene ring substituents is 1. The molecule has 1 aromatic carbocycles. The molecule has 1 aromatic heterocycles. The van der Waals surface area contributed by atoms with Crippen molar-refractivity contribution >= 4 is 33.8 Å². The number of hydrogen-bond acceptors (Lipinski definition) is 8. The zero-order valence-corrected chi connectivity index (χ0v) is 14.2. The van der Waals surface area contributed by atoms with E-state index in [0.29, 0.717) is 24.3 Å². The van der Waals surface area contributed by atoms with Crippen LogP contribution in [-0.4, -0.2) is 46.2 Å². The first-order valence-electron chi connectivity index (χ1n) is 7.55. The molecule has 0 aliphatic carbocycles. The van der Waals surface area contributed by atoms with Crippen LogP contribution in [0.1, 0.15) is 23.1 Å². The highest BCUT2D eigenvalue weighted by Gasteiger charge is 2.25. The molecule has 1 aliphatic heterocycles. The van der Waals surface area contributed by atoms with Crippen LogP contribution in [0.15, 0.2) is 18.2 Å². The molecule has 2 aromatic rings. The molecule has 24 heavy (non-hydrogen) atoms. The molecule has 0 N–H and O–H groups in total. The third-order valence-electron chi connectivity index (χ3n) is 3.99. The van der Waals surface area contributed by atoms with Gasteiger partial charge < -0.3 is 9.80 Å². The molecule has 0 saturated carbocycles. The SMILES string of the molecule is CC(=O)c1ccc(N2CCN(c3nc(C)ns3)CC2)c([N+](=O)[O-])c1. The smallest absolute Gasteiger partial charge is 0.293 e. The lowest BCUT2D eigenvalue weighted by atomic mass is 10.1. The van der Waals surface area contributed by atoms with Gasteiger partial charge in [-0.15, -0.1) is 0 Å². The maximum atomic E-state index is 11.5. The second kappa shape index (κ2) is 6.52. The van der Waals surface area contributed by atoms with E-state index in [1.165, 1.54) is 24.5 Å². The van der Waals surface area contributed by atoms with Crippen molar-refractivity contribution in [2.75, 3.05) is 36.0 Å². The Morgan fingerprint density at radius 1 is 1.25 bits per heavy atom. The van der Waals surface area contributed by atoms with E-state index in [1.54, 1.807) is 12.1 Å². The molecule has 0 atom stereocenters. The maximum absolute atomic E-state index is 11.5. The highest BCUT2D eigenvalue weighted by Crippen LogP contribution is 2.31. The quantitative estimate of drug-likeness (QED) is 0.476. The van der Waals surface area contributed by atoms with E-state index < -0.39 is 4.92 Å². The third kappa shape index (κ3) is 3.21. The second-order valence-corrected chi connectivity index (χ2v) is 6.35. The topological polar surface area (TPSA) is 92.5 Å². The Morgan fingerprint density at radius 3 is 2.46 bits per heavy atom. The van der Waals surface area contributed by atoms with Gasteiger partial charge in [-0.2, -0.15) is 4.37 Å². The van der Waals surface area contributed by atoms with E-state index in [4.69, 9.17) is 0 Å². The number of carbonyl (C=O) groups excluding carboxylic acids is 1. The van der Waals surface area contributed by atoms with Crippen LogP contribution in [0.5, 0.6) is 0 Å². The van der Waals surface area contributed by atoms with E-state index in [1.807, 2.05) is 11.8 Å². The Balaban J connectivity index is 1.78. The molecule has 0 spiro atoms. The second-order valence-electron chi connectivity index (χ2n) is 5.62. The number of Topliss-reactive ketones (excluding diaryl/α,β-unsaturated/α-hetero) is 1. The van der Waals surface area contributed by atoms with Crippen LogP contribution in [0.2, 0.25) is 0 Å². The van der Waals surface area contributed by atoms with Crippen molar-refractivity contribution in [1.82, 2.24) is 9.36 Å². The van der Waals surface area contributed by atoms with Crippen molar-refractivity contribution < 1.29 is 9.72 Å². The van der Waals surface area contributed by atoms with Crippen molar-refractivity contribution in [3.8, 4) is 0 Å². The van der Waals surface area contributed by atoms with Crippen LogP contribution in [0.25, 0.3) is 0 Å². The van der Waals surface area contributed by atoms with Crippen LogP contribution in [-0.2, 0) is 0 Å². The molecule has 0 amide bonds. The minimum absolute atomic E-state index is 0.0251. The van der Waals surface area contributed by atoms with Crippen molar-refractivity contribution in [2.24, 2.45) is 0 Å². The third-order valence-corrected chi connectivity index (χ3v) is 4.85. The van der Waals surface area contributed by atoms with E-state index in [-0.39, 0.29) is 11.5 Å². The van der Waals surface area contributed by atoms with Crippen LogP contribution in [0, 0.1) is 17.0 Å². The first-order valence-corrected chi connectivity index (χ1v) is 8.32. The molecule has 1 aliphatic rings.